The van der Waals surface area contributed by atoms with Crippen LogP contribution in [0.15, 0.2) is 4.52 Å². The molecule has 1 heterocycles. The molecule has 21 heavy (non-hydrogen) atoms. The average molecular weight is 294 g/mol. The van der Waals surface area contributed by atoms with Crippen LogP contribution >= 0.6 is 0 Å². The second-order valence-electron chi connectivity index (χ2n) is 5.96. The molecule has 0 bridgehead atoms. The van der Waals surface area contributed by atoms with Crippen molar-refractivity contribution in [3.63, 3.8) is 0 Å². The smallest absolute Gasteiger partial charge is 0.306 e. The van der Waals surface area contributed by atoms with Crippen molar-refractivity contribution in [3.8, 4) is 0 Å². The van der Waals surface area contributed by atoms with E-state index in [-0.39, 0.29) is 23.8 Å². The summed E-state index contributed by atoms with van der Waals surface area (Å²) in [5, 5.41) is 15.8. The van der Waals surface area contributed by atoms with E-state index in [0.29, 0.717) is 19.3 Å². The topological polar surface area (TPSA) is 92.4 Å². The maximum absolute atomic E-state index is 12.1. The highest BCUT2D eigenvalue weighted by Gasteiger charge is 2.31. The molecule has 1 aromatic rings. The second-order valence-corrected chi connectivity index (χ2v) is 5.96. The minimum Gasteiger partial charge on any atom is -0.481 e. The molecular weight excluding hydrogens is 272 g/mol. The summed E-state index contributed by atoms with van der Waals surface area (Å²) in [6.07, 6.45) is 2.26. The number of carboxylic acids is 1. The van der Waals surface area contributed by atoms with Crippen LogP contribution in [0.1, 0.15) is 55.5 Å². The monoisotopic (exact) mass is 294 g/mol. The summed E-state index contributed by atoms with van der Waals surface area (Å²) < 4.78 is 5.12. The molecule has 1 aliphatic carbocycles. The Balaban J connectivity index is 1.87. The highest BCUT2D eigenvalue weighted by molar-refractivity contribution is 5.77. The van der Waals surface area contributed by atoms with Gasteiger partial charge in [0.05, 0.1) is 11.6 Å². The van der Waals surface area contributed by atoms with Crippen LogP contribution in [0.3, 0.4) is 0 Å². The number of hydrogen-bond acceptors (Lipinski definition) is 4. The van der Waals surface area contributed by atoms with Crippen molar-refractivity contribution in [3.05, 3.63) is 17.0 Å². The molecule has 2 N–H and O–H groups in total. The molecule has 1 aromatic heterocycles. The number of hydrogen-bond donors (Lipinski definition) is 2. The van der Waals surface area contributed by atoms with Crippen molar-refractivity contribution < 1.29 is 19.2 Å². The van der Waals surface area contributed by atoms with Gasteiger partial charge in [0, 0.05) is 18.0 Å². The normalized spacial score (nSPS) is 23.0. The zero-order valence-electron chi connectivity index (χ0n) is 12.7. The number of nitrogens with one attached hydrogen (secondary N) is 1. The van der Waals surface area contributed by atoms with Crippen LogP contribution in [0.25, 0.3) is 0 Å². The molecule has 0 aromatic carbocycles. The summed E-state index contributed by atoms with van der Waals surface area (Å²) in [6.45, 7) is 5.69. The molecule has 2 rings (SSSR count). The van der Waals surface area contributed by atoms with Gasteiger partial charge in [-0.05, 0) is 39.0 Å². The van der Waals surface area contributed by atoms with E-state index in [1.54, 1.807) is 0 Å². The van der Waals surface area contributed by atoms with Crippen molar-refractivity contribution in [2.75, 3.05) is 0 Å². The molecule has 116 valence electrons. The predicted octanol–water partition coefficient (Wildman–Crippen LogP) is 2.15. The number of amides is 1. The average Bonchev–Trinajstić information content (AvgIpc) is 2.96. The molecule has 1 amide bonds. The van der Waals surface area contributed by atoms with Gasteiger partial charge in [-0.3, -0.25) is 9.59 Å². The number of rotatable bonds is 5. The van der Waals surface area contributed by atoms with Gasteiger partial charge in [-0.15, -0.1) is 0 Å². The van der Waals surface area contributed by atoms with Crippen molar-refractivity contribution in [1.82, 2.24) is 10.5 Å². The lowest BCUT2D eigenvalue weighted by Gasteiger charge is -2.15. The van der Waals surface area contributed by atoms with Crippen molar-refractivity contribution >= 4 is 11.9 Å². The Morgan fingerprint density at radius 3 is 2.67 bits per heavy atom. The van der Waals surface area contributed by atoms with Gasteiger partial charge in [-0.25, -0.2) is 0 Å². The Morgan fingerprint density at radius 2 is 2.14 bits per heavy atom. The van der Waals surface area contributed by atoms with Gasteiger partial charge < -0.3 is 14.9 Å². The van der Waals surface area contributed by atoms with E-state index in [2.05, 4.69) is 10.5 Å². The summed E-state index contributed by atoms with van der Waals surface area (Å²) in [4.78, 5) is 23.0. The Kier molecular flexibility index (Phi) is 4.65. The van der Waals surface area contributed by atoms with Gasteiger partial charge >= 0.3 is 5.97 Å². The van der Waals surface area contributed by atoms with Gasteiger partial charge in [-0.2, -0.15) is 0 Å². The molecule has 3 atom stereocenters. The van der Waals surface area contributed by atoms with Gasteiger partial charge in [0.1, 0.15) is 5.76 Å². The zero-order chi connectivity index (χ0) is 15.6. The van der Waals surface area contributed by atoms with Crippen LogP contribution < -0.4 is 5.32 Å². The van der Waals surface area contributed by atoms with Gasteiger partial charge in [-0.1, -0.05) is 12.1 Å². The quantitative estimate of drug-likeness (QED) is 0.868. The van der Waals surface area contributed by atoms with E-state index in [9.17, 15) is 9.59 Å². The molecule has 0 saturated heterocycles. The number of carbonyl (C=O) groups excluding carboxylic acids is 1. The second kappa shape index (κ2) is 6.28. The zero-order valence-corrected chi connectivity index (χ0v) is 12.7. The Hall–Kier alpha value is -1.85. The molecule has 0 aliphatic heterocycles. The van der Waals surface area contributed by atoms with E-state index >= 15 is 0 Å². The first-order valence-electron chi connectivity index (χ1n) is 7.33. The van der Waals surface area contributed by atoms with Gasteiger partial charge in [0.25, 0.3) is 0 Å². The molecule has 0 spiro atoms. The lowest BCUT2D eigenvalue weighted by atomic mass is 9.96. The van der Waals surface area contributed by atoms with Crippen LogP contribution in [0, 0.1) is 19.8 Å². The number of carboxylic acid groups (broad SMARTS) is 1. The summed E-state index contributed by atoms with van der Waals surface area (Å²) in [5.74, 6) is -0.350. The number of carbonyl (C=O) groups is 2. The first kappa shape index (κ1) is 15.5. The van der Waals surface area contributed by atoms with Gasteiger partial charge in [0.2, 0.25) is 5.91 Å². The number of aryl methyl sites for hydroxylation is 2. The predicted molar refractivity (Wildman–Crippen MR) is 75.9 cm³/mol. The van der Waals surface area contributed by atoms with Crippen LogP contribution in [0.5, 0.6) is 0 Å². The Bertz CT molecular complexity index is 518. The van der Waals surface area contributed by atoms with Crippen LogP contribution in [0.4, 0.5) is 0 Å². The third-order valence-electron chi connectivity index (χ3n) is 4.22. The van der Waals surface area contributed by atoms with E-state index in [1.165, 1.54) is 0 Å². The lowest BCUT2D eigenvalue weighted by Crippen LogP contribution is -2.34. The molecule has 1 unspecified atom stereocenters. The Labute approximate surface area is 123 Å². The van der Waals surface area contributed by atoms with E-state index in [4.69, 9.17) is 9.63 Å². The maximum atomic E-state index is 12.1. The van der Waals surface area contributed by atoms with E-state index in [1.807, 2.05) is 20.8 Å². The standard InChI is InChI=1S/C15H22N2O4/c1-8(14-9(2)17-21-10(14)3)6-13(18)16-12-5-4-11(7-12)15(19)20/h8,11-12H,4-7H2,1-3H3,(H,16,18)(H,19,20)/t8?,11-,12+/m1/s1. The van der Waals surface area contributed by atoms with E-state index < -0.39 is 5.97 Å². The fraction of sp³-hybridized carbons (Fsp3) is 0.667. The fourth-order valence-electron chi connectivity index (χ4n) is 3.20. The molecular formula is C15H22N2O4. The summed E-state index contributed by atoms with van der Waals surface area (Å²) in [6, 6.07) is -0.0181. The Morgan fingerprint density at radius 1 is 1.43 bits per heavy atom. The van der Waals surface area contributed by atoms with Crippen LogP contribution in [0.2, 0.25) is 0 Å². The van der Waals surface area contributed by atoms with Gasteiger partial charge in [0.15, 0.2) is 0 Å². The molecule has 1 aliphatic rings. The third kappa shape index (κ3) is 3.62. The summed E-state index contributed by atoms with van der Waals surface area (Å²) in [7, 11) is 0. The van der Waals surface area contributed by atoms with Crippen molar-refractivity contribution in [2.24, 2.45) is 5.92 Å². The SMILES string of the molecule is Cc1noc(C)c1C(C)CC(=O)N[C@H]1CC[C@@H](C(=O)O)C1. The van der Waals surface area contributed by atoms with E-state index in [0.717, 1.165) is 23.4 Å². The highest BCUT2D eigenvalue weighted by atomic mass is 16.5. The minimum atomic E-state index is -0.768. The summed E-state index contributed by atoms with van der Waals surface area (Å²) in [5.41, 5.74) is 1.81. The minimum absolute atomic E-state index is 0.0181. The number of nitrogens with zero attached hydrogens (tertiary/aromatic N) is 1. The molecule has 0 radical (unpaired) electrons. The highest BCUT2D eigenvalue weighted by Crippen LogP contribution is 2.28. The van der Waals surface area contributed by atoms with Crippen molar-refractivity contribution in [1.29, 1.82) is 0 Å². The maximum Gasteiger partial charge on any atom is 0.306 e. The fourth-order valence-corrected chi connectivity index (χ4v) is 3.20. The van der Waals surface area contributed by atoms with Crippen LogP contribution in [-0.2, 0) is 9.59 Å². The largest absolute Gasteiger partial charge is 0.481 e. The van der Waals surface area contributed by atoms with Crippen molar-refractivity contribution in [2.45, 2.75) is 58.4 Å². The number of aliphatic carboxylic acids is 1. The third-order valence-corrected chi connectivity index (χ3v) is 4.22. The molecule has 6 nitrogen and oxygen atoms in total. The first-order chi connectivity index (χ1) is 9.88. The van der Waals surface area contributed by atoms with Crippen LogP contribution in [-0.4, -0.2) is 28.2 Å². The molecule has 1 fully saturated rings. The molecule has 6 heteroatoms. The summed E-state index contributed by atoms with van der Waals surface area (Å²) >= 11 is 0. The number of aromatic nitrogens is 1. The molecule has 1 saturated carbocycles. The first-order valence-corrected chi connectivity index (χ1v) is 7.33. The lowest BCUT2D eigenvalue weighted by molar-refractivity contribution is -0.141.